The summed E-state index contributed by atoms with van der Waals surface area (Å²) in [4.78, 5) is 13.7. The number of methoxy groups -OCH3 is 1. The summed E-state index contributed by atoms with van der Waals surface area (Å²) in [5, 5.41) is 3.28. The summed E-state index contributed by atoms with van der Waals surface area (Å²) in [7, 11) is 5.39. The summed E-state index contributed by atoms with van der Waals surface area (Å²) in [6.45, 7) is 4.97. The number of likely N-dealkylation sites (N-methyl/N-ethyl adjacent to an activating group) is 1. The van der Waals surface area contributed by atoms with Crippen molar-refractivity contribution < 1.29 is 9.53 Å². The molecule has 0 fully saturated rings. The van der Waals surface area contributed by atoms with Crippen molar-refractivity contribution in [3.05, 3.63) is 23.8 Å². The van der Waals surface area contributed by atoms with Gasteiger partial charge in [0.15, 0.2) is 0 Å². The van der Waals surface area contributed by atoms with E-state index in [1.165, 1.54) is 7.11 Å². The van der Waals surface area contributed by atoms with Gasteiger partial charge in [0, 0.05) is 12.1 Å². The van der Waals surface area contributed by atoms with Crippen LogP contribution in [0.2, 0.25) is 0 Å². The van der Waals surface area contributed by atoms with Crippen LogP contribution in [0.25, 0.3) is 0 Å². The summed E-state index contributed by atoms with van der Waals surface area (Å²) in [5.74, 6) is -0.423. The number of carbonyl (C=O) groups excluding carboxylic acids is 1. The van der Waals surface area contributed by atoms with Gasteiger partial charge in [0.1, 0.15) is 0 Å². The standard InChI is InChI=1S/C14H23N3O2/c1-14(2,17(3)4)9-16-11-8-6-7-10(12(11)15)13(18)19-5/h6-8,16H,9,15H2,1-5H3. The Morgan fingerprint density at radius 1 is 1.42 bits per heavy atom. The van der Waals surface area contributed by atoms with Gasteiger partial charge in [0.25, 0.3) is 0 Å². The second-order valence-corrected chi connectivity index (χ2v) is 5.32. The van der Waals surface area contributed by atoms with Crippen LogP contribution in [-0.4, -0.2) is 44.2 Å². The molecule has 0 aromatic heterocycles. The van der Waals surface area contributed by atoms with Gasteiger partial charge >= 0.3 is 5.97 Å². The Hall–Kier alpha value is -1.75. The lowest BCUT2D eigenvalue weighted by Gasteiger charge is -2.33. The average Bonchev–Trinajstić information content (AvgIpc) is 2.36. The van der Waals surface area contributed by atoms with E-state index in [2.05, 4.69) is 24.1 Å². The molecule has 0 aliphatic rings. The highest BCUT2D eigenvalue weighted by Crippen LogP contribution is 2.24. The summed E-state index contributed by atoms with van der Waals surface area (Å²) in [6.07, 6.45) is 0. The minimum Gasteiger partial charge on any atom is -0.465 e. The van der Waals surface area contributed by atoms with Crippen LogP contribution in [0.15, 0.2) is 18.2 Å². The van der Waals surface area contributed by atoms with Crippen molar-refractivity contribution in [1.82, 2.24) is 4.90 Å². The molecule has 0 amide bonds. The summed E-state index contributed by atoms with van der Waals surface area (Å²) in [6, 6.07) is 5.30. The Bertz CT molecular complexity index is 456. The predicted octanol–water partition coefficient (Wildman–Crippen LogP) is 1.81. The van der Waals surface area contributed by atoms with E-state index in [9.17, 15) is 4.79 Å². The first-order valence-electron chi connectivity index (χ1n) is 6.17. The quantitative estimate of drug-likeness (QED) is 0.628. The number of rotatable bonds is 5. The first-order chi connectivity index (χ1) is 8.79. The molecule has 0 aliphatic heterocycles. The number of hydrogen-bond donors (Lipinski definition) is 2. The van der Waals surface area contributed by atoms with Gasteiger partial charge in [-0.15, -0.1) is 0 Å². The Morgan fingerprint density at radius 3 is 2.58 bits per heavy atom. The van der Waals surface area contributed by atoms with E-state index in [0.717, 1.165) is 12.2 Å². The minimum absolute atomic E-state index is 0.0201. The zero-order chi connectivity index (χ0) is 14.6. The van der Waals surface area contributed by atoms with Crippen molar-refractivity contribution in [2.45, 2.75) is 19.4 Å². The number of nitrogen functional groups attached to an aromatic ring is 1. The highest BCUT2D eigenvalue weighted by Gasteiger charge is 2.21. The van der Waals surface area contributed by atoms with Crippen molar-refractivity contribution in [3.63, 3.8) is 0 Å². The van der Waals surface area contributed by atoms with Crippen LogP contribution in [0.4, 0.5) is 11.4 Å². The van der Waals surface area contributed by atoms with E-state index < -0.39 is 5.97 Å². The number of carbonyl (C=O) groups is 1. The summed E-state index contributed by atoms with van der Waals surface area (Å²) < 4.78 is 4.70. The van der Waals surface area contributed by atoms with Crippen molar-refractivity contribution in [2.24, 2.45) is 0 Å². The molecule has 0 radical (unpaired) electrons. The minimum atomic E-state index is -0.423. The van der Waals surface area contributed by atoms with Gasteiger partial charge in [0.2, 0.25) is 0 Å². The van der Waals surface area contributed by atoms with Crippen LogP contribution < -0.4 is 11.1 Å². The normalized spacial score (nSPS) is 11.5. The van der Waals surface area contributed by atoms with Crippen LogP contribution in [0.5, 0.6) is 0 Å². The van der Waals surface area contributed by atoms with E-state index in [1.807, 2.05) is 20.2 Å². The third-order valence-electron chi connectivity index (χ3n) is 3.43. The van der Waals surface area contributed by atoms with Crippen molar-refractivity contribution in [2.75, 3.05) is 38.8 Å². The second-order valence-electron chi connectivity index (χ2n) is 5.32. The Kier molecular flexibility index (Phi) is 4.78. The van der Waals surface area contributed by atoms with E-state index in [0.29, 0.717) is 11.3 Å². The first-order valence-corrected chi connectivity index (χ1v) is 6.17. The topological polar surface area (TPSA) is 67.6 Å². The van der Waals surface area contributed by atoms with E-state index in [1.54, 1.807) is 12.1 Å². The van der Waals surface area contributed by atoms with Crippen LogP contribution in [-0.2, 0) is 4.74 Å². The number of anilines is 2. The number of ether oxygens (including phenoxy) is 1. The monoisotopic (exact) mass is 265 g/mol. The third-order valence-corrected chi connectivity index (χ3v) is 3.43. The highest BCUT2D eigenvalue weighted by atomic mass is 16.5. The van der Waals surface area contributed by atoms with Gasteiger partial charge in [-0.05, 0) is 40.1 Å². The zero-order valence-electron chi connectivity index (χ0n) is 12.3. The summed E-state index contributed by atoms with van der Waals surface area (Å²) in [5.41, 5.74) is 7.52. The van der Waals surface area contributed by atoms with Gasteiger partial charge in [-0.25, -0.2) is 4.79 Å². The molecule has 0 unspecified atom stereocenters. The van der Waals surface area contributed by atoms with Gasteiger partial charge in [0.05, 0.1) is 24.0 Å². The number of nitrogens with zero attached hydrogens (tertiary/aromatic N) is 1. The number of hydrogen-bond acceptors (Lipinski definition) is 5. The molecule has 5 nitrogen and oxygen atoms in total. The maximum Gasteiger partial charge on any atom is 0.340 e. The number of nitrogens with two attached hydrogens (primary N) is 1. The fourth-order valence-electron chi connectivity index (χ4n) is 1.48. The lowest BCUT2D eigenvalue weighted by atomic mass is 10.0. The molecule has 0 spiro atoms. The third kappa shape index (κ3) is 3.61. The maximum absolute atomic E-state index is 11.6. The molecule has 0 saturated heterocycles. The SMILES string of the molecule is COC(=O)c1cccc(NCC(C)(C)N(C)C)c1N. The molecule has 106 valence electrons. The molecule has 0 bridgehead atoms. The molecular formula is C14H23N3O2. The van der Waals surface area contributed by atoms with E-state index in [-0.39, 0.29) is 5.54 Å². The number of benzene rings is 1. The molecule has 5 heteroatoms. The highest BCUT2D eigenvalue weighted by molar-refractivity contribution is 5.98. The molecule has 1 aromatic carbocycles. The zero-order valence-corrected chi connectivity index (χ0v) is 12.3. The fourth-order valence-corrected chi connectivity index (χ4v) is 1.48. The second kappa shape index (κ2) is 5.93. The van der Waals surface area contributed by atoms with E-state index in [4.69, 9.17) is 10.5 Å². The number of para-hydroxylation sites is 1. The number of esters is 1. The molecule has 19 heavy (non-hydrogen) atoms. The fraction of sp³-hybridized carbons (Fsp3) is 0.500. The van der Waals surface area contributed by atoms with Crippen molar-refractivity contribution >= 4 is 17.3 Å². The van der Waals surface area contributed by atoms with Gasteiger partial charge in [-0.2, -0.15) is 0 Å². The number of nitrogens with one attached hydrogen (secondary N) is 1. The van der Waals surface area contributed by atoms with Crippen LogP contribution in [0.3, 0.4) is 0 Å². The molecule has 0 aliphatic carbocycles. The average molecular weight is 265 g/mol. The van der Waals surface area contributed by atoms with Gasteiger partial charge in [-0.3, -0.25) is 0 Å². The Balaban J connectivity index is 2.89. The molecular weight excluding hydrogens is 242 g/mol. The van der Waals surface area contributed by atoms with Crippen LogP contribution in [0, 0.1) is 0 Å². The Labute approximate surface area is 114 Å². The van der Waals surface area contributed by atoms with Gasteiger partial charge in [-0.1, -0.05) is 6.07 Å². The molecule has 1 aromatic rings. The first kappa shape index (κ1) is 15.3. The van der Waals surface area contributed by atoms with Crippen LogP contribution >= 0.6 is 0 Å². The predicted molar refractivity (Wildman–Crippen MR) is 78.4 cm³/mol. The molecule has 0 atom stereocenters. The lowest BCUT2D eigenvalue weighted by Crippen LogP contribution is -2.44. The molecule has 0 saturated carbocycles. The summed E-state index contributed by atoms with van der Waals surface area (Å²) >= 11 is 0. The maximum atomic E-state index is 11.6. The largest absolute Gasteiger partial charge is 0.465 e. The van der Waals surface area contributed by atoms with Crippen molar-refractivity contribution in [1.29, 1.82) is 0 Å². The smallest absolute Gasteiger partial charge is 0.340 e. The molecule has 0 heterocycles. The van der Waals surface area contributed by atoms with Crippen LogP contribution in [0.1, 0.15) is 24.2 Å². The molecule has 3 N–H and O–H groups in total. The Morgan fingerprint density at radius 2 is 2.05 bits per heavy atom. The lowest BCUT2D eigenvalue weighted by molar-refractivity contribution is 0.0602. The van der Waals surface area contributed by atoms with Crippen molar-refractivity contribution in [3.8, 4) is 0 Å². The van der Waals surface area contributed by atoms with Gasteiger partial charge < -0.3 is 20.7 Å². The van der Waals surface area contributed by atoms with E-state index >= 15 is 0 Å². The molecule has 1 rings (SSSR count).